The SMILES string of the molecule is O[C@@H]1CCCc2ccc(OCc3cccs3)cc21. The van der Waals surface area contributed by atoms with Crippen LogP contribution in [-0.4, -0.2) is 5.11 Å². The topological polar surface area (TPSA) is 29.5 Å². The Morgan fingerprint density at radius 3 is 3.11 bits per heavy atom. The zero-order valence-electron chi connectivity index (χ0n) is 10.1. The second-order valence-corrected chi connectivity index (χ2v) is 5.67. The van der Waals surface area contributed by atoms with Gasteiger partial charge in [-0.05, 0) is 54.0 Å². The monoisotopic (exact) mass is 260 g/mol. The highest BCUT2D eigenvalue weighted by Crippen LogP contribution is 2.32. The van der Waals surface area contributed by atoms with Gasteiger partial charge in [-0.25, -0.2) is 0 Å². The molecule has 0 saturated heterocycles. The Morgan fingerprint density at radius 2 is 2.28 bits per heavy atom. The average Bonchev–Trinajstić information content (AvgIpc) is 2.90. The molecule has 1 N–H and O–H groups in total. The lowest BCUT2D eigenvalue weighted by Crippen LogP contribution is -2.09. The van der Waals surface area contributed by atoms with Crippen LogP contribution in [-0.2, 0) is 13.0 Å². The van der Waals surface area contributed by atoms with E-state index >= 15 is 0 Å². The largest absolute Gasteiger partial charge is 0.488 e. The Bertz CT molecular complexity index is 519. The highest BCUT2D eigenvalue weighted by Gasteiger charge is 2.18. The quantitative estimate of drug-likeness (QED) is 0.912. The second kappa shape index (κ2) is 5.12. The van der Waals surface area contributed by atoms with Crippen molar-refractivity contribution in [2.45, 2.75) is 32.0 Å². The maximum atomic E-state index is 9.98. The second-order valence-electron chi connectivity index (χ2n) is 4.64. The Kier molecular flexibility index (Phi) is 3.35. The van der Waals surface area contributed by atoms with Crippen molar-refractivity contribution in [1.29, 1.82) is 0 Å². The van der Waals surface area contributed by atoms with Crippen LogP contribution in [0.3, 0.4) is 0 Å². The summed E-state index contributed by atoms with van der Waals surface area (Å²) in [5.74, 6) is 0.850. The van der Waals surface area contributed by atoms with Crippen molar-refractivity contribution < 1.29 is 9.84 Å². The number of benzene rings is 1. The summed E-state index contributed by atoms with van der Waals surface area (Å²) in [6.07, 6.45) is 2.68. The average molecular weight is 260 g/mol. The first-order chi connectivity index (χ1) is 8.83. The molecule has 1 aromatic carbocycles. The summed E-state index contributed by atoms with van der Waals surface area (Å²) in [5.41, 5.74) is 2.31. The Hall–Kier alpha value is -1.32. The molecule has 94 valence electrons. The van der Waals surface area contributed by atoms with Gasteiger partial charge in [0.25, 0.3) is 0 Å². The molecule has 0 saturated carbocycles. The lowest BCUT2D eigenvalue weighted by Gasteiger charge is -2.21. The number of fused-ring (bicyclic) bond motifs is 1. The first-order valence-electron chi connectivity index (χ1n) is 6.29. The normalized spacial score (nSPS) is 18.4. The van der Waals surface area contributed by atoms with Crippen LogP contribution >= 0.6 is 11.3 Å². The minimum atomic E-state index is -0.320. The molecule has 1 aliphatic rings. The van der Waals surface area contributed by atoms with Crippen molar-refractivity contribution in [1.82, 2.24) is 0 Å². The molecule has 1 atom stereocenters. The molecule has 1 aliphatic carbocycles. The van der Waals surface area contributed by atoms with Crippen molar-refractivity contribution in [2.75, 3.05) is 0 Å². The molecule has 0 aliphatic heterocycles. The van der Waals surface area contributed by atoms with Crippen LogP contribution < -0.4 is 4.74 Å². The molecule has 0 spiro atoms. The first kappa shape index (κ1) is 11.8. The van der Waals surface area contributed by atoms with E-state index in [2.05, 4.69) is 17.5 Å². The lowest BCUT2D eigenvalue weighted by molar-refractivity contribution is 0.156. The molecule has 2 aromatic rings. The molecule has 1 aromatic heterocycles. The molecule has 3 heteroatoms. The Morgan fingerprint density at radius 1 is 1.33 bits per heavy atom. The van der Waals surface area contributed by atoms with Crippen LogP contribution in [0.25, 0.3) is 0 Å². The third kappa shape index (κ3) is 2.42. The van der Waals surface area contributed by atoms with Gasteiger partial charge in [0.1, 0.15) is 12.4 Å². The highest BCUT2D eigenvalue weighted by atomic mass is 32.1. The van der Waals surface area contributed by atoms with Crippen LogP contribution in [0.1, 0.15) is 34.9 Å². The zero-order chi connectivity index (χ0) is 12.4. The van der Waals surface area contributed by atoms with Crippen LogP contribution in [0.15, 0.2) is 35.7 Å². The van der Waals surface area contributed by atoms with E-state index < -0.39 is 0 Å². The van der Waals surface area contributed by atoms with Gasteiger partial charge in [0.15, 0.2) is 0 Å². The summed E-state index contributed by atoms with van der Waals surface area (Å²) in [6.45, 7) is 0.604. The van der Waals surface area contributed by atoms with Gasteiger partial charge in [-0.15, -0.1) is 11.3 Å². The third-order valence-electron chi connectivity index (χ3n) is 3.36. The van der Waals surface area contributed by atoms with E-state index in [4.69, 9.17) is 4.74 Å². The summed E-state index contributed by atoms with van der Waals surface area (Å²) in [6, 6.07) is 10.2. The van der Waals surface area contributed by atoms with Crippen molar-refractivity contribution in [3.8, 4) is 5.75 Å². The predicted octanol–water partition coefficient (Wildman–Crippen LogP) is 3.70. The number of thiophene rings is 1. The van der Waals surface area contributed by atoms with Gasteiger partial charge in [-0.2, -0.15) is 0 Å². The first-order valence-corrected chi connectivity index (χ1v) is 7.17. The zero-order valence-corrected chi connectivity index (χ0v) is 11.0. The Balaban J connectivity index is 1.75. The smallest absolute Gasteiger partial charge is 0.122 e. The summed E-state index contributed by atoms with van der Waals surface area (Å²) >= 11 is 1.70. The van der Waals surface area contributed by atoms with Gasteiger partial charge in [0, 0.05) is 4.88 Å². The van der Waals surface area contributed by atoms with E-state index in [9.17, 15) is 5.11 Å². The molecule has 3 rings (SSSR count). The number of ether oxygens (including phenoxy) is 1. The molecule has 0 fully saturated rings. The van der Waals surface area contributed by atoms with E-state index in [1.807, 2.05) is 18.2 Å². The fourth-order valence-electron chi connectivity index (χ4n) is 2.39. The van der Waals surface area contributed by atoms with Gasteiger partial charge < -0.3 is 9.84 Å². The number of aliphatic hydroxyl groups is 1. The van der Waals surface area contributed by atoms with E-state index in [1.54, 1.807) is 11.3 Å². The number of aryl methyl sites for hydroxylation is 1. The van der Waals surface area contributed by atoms with Crippen molar-refractivity contribution in [3.63, 3.8) is 0 Å². The van der Waals surface area contributed by atoms with E-state index in [1.165, 1.54) is 10.4 Å². The molecule has 0 amide bonds. The van der Waals surface area contributed by atoms with Crippen LogP contribution in [0.4, 0.5) is 0 Å². The highest BCUT2D eigenvalue weighted by molar-refractivity contribution is 7.09. The molecule has 2 nitrogen and oxygen atoms in total. The van der Waals surface area contributed by atoms with E-state index in [0.29, 0.717) is 6.61 Å². The minimum Gasteiger partial charge on any atom is -0.488 e. The molecule has 1 heterocycles. The van der Waals surface area contributed by atoms with Gasteiger partial charge in [-0.1, -0.05) is 12.1 Å². The third-order valence-corrected chi connectivity index (χ3v) is 4.21. The summed E-state index contributed by atoms with van der Waals surface area (Å²) in [7, 11) is 0. The van der Waals surface area contributed by atoms with Gasteiger partial charge in [0.05, 0.1) is 6.10 Å². The standard InChI is InChI=1S/C15H16O2S/c16-15-5-1-3-11-6-7-12(9-14(11)15)17-10-13-4-2-8-18-13/h2,4,6-9,15-16H,1,3,5,10H2/t15-/m1/s1. The molecule has 18 heavy (non-hydrogen) atoms. The number of rotatable bonds is 3. The minimum absolute atomic E-state index is 0.320. The molecule has 0 bridgehead atoms. The van der Waals surface area contributed by atoms with Gasteiger partial charge >= 0.3 is 0 Å². The fourth-order valence-corrected chi connectivity index (χ4v) is 3.01. The van der Waals surface area contributed by atoms with Crippen molar-refractivity contribution in [2.24, 2.45) is 0 Å². The van der Waals surface area contributed by atoms with E-state index in [-0.39, 0.29) is 6.10 Å². The molecule has 0 radical (unpaired) electrons. The number of aliphatic hydroxyl groups excluding tert-OH is 1. The summed E-state index contributed by atoms with van der Waals surface area (Å²) < 4.78 is 5.76. The maximum absolute atomic E-state index is 9.98. The summed E-state index contributed by atoms with van der Waals surface area (Å²) in [4.78, 5) is 1.22. The fraction of sp³-hybridized carbons (Fsp3) is 0.333. The van der Waals surface area contributed by atoms with Gasteiger partial charge in [-0.3, -0.25) is 0 Å². The van der Waals surface area contributed by atoms with Crippen LogP contribution in [0, 0.1) is 0 Å². The Labute approximate surface area is 111 Å². The summed E-state index contributed by atoms with van der Waals surface area (Å²) in [5, 5.41) is 12.0. The molecular weight excluding hydrogens is 244 g/mol. The maximum Gasteiger partial charge on any atom is 0.122 e. The lowest BCUT2D eigenvalue weighted by atomic mass is 9.89. The van der Waals surface area contributed by atoms with Gasteiger partial charge in [0.2, 0.25) is 0 Å². The number of hydrogen-bond acceptors (Lipinski definition) is 3. The molecule has 0 unspecified atom stereocenters. The number of hydrogen-bond donors (Lipinski definition) is 1. The van der Waals surface area contributed by atoms with E-state index in [0.717, 1.165) is 30.6 Å². The van der Waals surface area contributed by atoms with Crippen molar-refractivity contribution >= 4 is 11.3 Å². The van der Waals surface area contributed by atoms with Crippen LogP contribution in [0.5, 0.6) is 5.75 Å². The molecular formula is C15H16O2S. The van der Waals surface area contributed by atoms with Crippen LogP contribution in [0.2, 0.25) is 0 Å². The van der Waals surface area contributed by atoms with Crippen molar-refractivity contribution in [3.05, 3.63) is 51.7 Å². The predicted molar refractivity (Wildman–Crippen MR) is 73.0 cm³/mol.